The number of carbonyl (C=O) groups is 1. The van der Waals surface area contributed by atoms with E-state index in [2.05, 4.69) is 10.1 Å². The van der Waals surface area contributed by atoms with Gasteiger partial charge in [0.25, 0.3) is 0 Å². The fraction of sp³-hybridized carbons (Fsp3) is 0.692. The number of likely N-dealkylation sites (tertiary alicyclic amines) is 1. The molecule has 1 fully saturated rings. The molecule has 1 unspecified atom stereocenters. The van der Waals surface area contributed by atoms with Crippen LogP contribution in [0, 0.1) is 5.41 Å². The number of nitrogens with zero attached hydrogens (tertiary/aromatic N) is 2. The number of methoxy groups -OCH3 is 1. The van der Waals surface area contributed by atoms with Gasteiger partial charge in [-0.1, -0.05) is 12.1 Å². The van der Waals surface area contributed by atoms with Crippen molar-refractivity contribution in [2.75, 3.05) is 20.2 Å². The van der Waals surface area contributed by atoms with Gasteiger partial charge in [-0.25, -0.2) is 0 Å². The first kappa shape index (κ1) is 14.0. The van der Waals surface area contributed by atoms with Crippen molar-refractivity contribution in [1.29, 1.82) is 0 Å². The van der Waals surface area contributed by atoms with Crippen LogP contribution >= 0.6 is 0 Å². The van der Waals surface area contributed by atoms with E-state index in [1.807, 2.05) is 13.0 Å². The number of carboxylic acids is 1. The predicted molar refractivity (Wildman–Crippen MR) is 67.5 cm³/mol. The van der Waals surface area contributed by atoms with Gasteiger partial charge in [0.1, 0.15) is 6.61 Å². The SMILES string of the molecule is CCC1(C(=O)O)CCN(Cc2cc(COC)on2)C1. The maximum Gasteiger partial charge on any atom is 0.310 e. The first-order valence-corrected chi connectivity index (χ1v) is 6.49. The third-order valence-corrected chi connectivity index (χ3v) is 3.84. The number of hydrogen-bond donors (Lipinski definition) is 1. The molecule has 0 spiro atoms. The average molecular weight is 268 g/mol. The molecular weight excluding hydrogens is 248 g/mol. The van der Waals surface area contributed by atoms with Crippen LogP contribution in [0.2, 0.25) is 0 Å². The van der Waals surface area contributed by atoms with Gasteiger partial charge in [0.05, 0.1) is 11.1 Å². The van der Waals surface area contributed by atoms with Crippen LogP contribution in [0.1, 0.15) is 31.2 Å². The van der Waals surface area contributed by atoms with Crippen LogP contribution in [0.4, 0.5) is 0 Å². The molecular formula is C13H20N2O4. The van der Waals surface area contributed by atoms with E-state index < -0.39 is 11.4 Å². The lowest BCUT2D eigenvalue weighted by Gasteiger charge is -2.22. The zero-order valence-corrected chi connectivity index (χ0v) is 11.4. The average Bonchev–Trinajstić information content (AvgIpc) is 2.98. The zero-order chi connectivity index (χ0) is 13.9. The highest BCUT2D eigenvalue weighted by atomic mass is 16.5. The Labute approximate surface area is 112 Å². The minimum atomic E-state index is -0.697. The highest BCUT2D eigenvalue weighted by molar-refractivity contribution is 5.75. The molecule has 0 radical (unpaired) electrons. The minimum Gasteiger partial charge on any atom is -0.481 e. The standard InChI is InChI=1S/C13H20N2O4/c1-3-13(12(16)17)4-5-15(9-13)7-10-6-11(8-18-2)19-14-10/h6H,3-5,7-9H2,1-2H3,(H,16,17). The first-order valence-electron chi connectivity index (χ1n) is 6.49. The highest BCUT2D eigenvalue weighted by Crippen LogP contribution is 2.34. The minimum absolute atomic E-state index is 0.404. The van der Waals surface area contributed by atoms with Crippen LogP contribution in [0.15, 0.2) is 10.6 Å². The smallest absolute Gasteiger partial charge is 0.310 e. The summed E-state index contributed by atoms with van der Waals surface area (Å²) >= 11 is 0. The second-order valence-electron chi connectivity index (χ2n) is 5.12. The Balaban J connectivity index is 1.95. The molecule has 1 aromatic rings. The van der Waals surface area contributed by atoms with Crippen molar-refractivity contribution in [2.24, 2.45) is 5.41 Å². The Morgan fingerprint density at radius 2 is 2.47 bits per heavy atom. The summed E-state index contributed by atoms with van der Waals surface area (Å²) in [5, 5.41) is 13.3. The molecule has 1 aliphatic heterocycles. The van der Waals surface area contributed by atoms with Gasteiger partial charge in [-0.05, 0) is 19.4 Å². The van der Waals surface area contributed by atoms with Crippen LogP contribution < -0.4 is 0 Å². The highest BCUT2D eigenvalue weighted by Gasteiger charge is 2.43. The Kier molecular flexibility index (Phi) is 4.21. The molecule has 0 aliphatic carbocycles. The van der Waals surface area contributed by atoms with Crippen molar-refractivity contribution in [3.63, 3.8) is 0 Å². The fourth-order valence-corrected chi connectivity index (χ4v) is 2.58. The van der Waals surface area contributed by atoms with Crippen molar-refractivity contribution in [3.05, 3.63) is 17.5 Å². The monoisotopic (exact) mass is 268 g/mol. The normalized spacial score (nSPS) is 23.9. The lowest BCUT2D eigenvalue weighted by atomic mass is 9.84. The molecule has 19 heavy (non-hydrogen) atoms. The van der Waals surface area contributed by atoms with Gasteiger partial charge < -0.3 is 14.4 Å². The summed E-state index contributed by atoms with van der Waals surface area (Å²) in [7, 11) is 1.60. The van der Waals surface area contributed by atoms with E-state index in [-0.39, 0.29) is 0 Å². The van der Waals surface area contributed by atoms with E-state index in [1.165, 1.54) is 0 Å². The first-order chi connectivity index (χ1) is 9.09. The summed E-state index contributed by atoms with van der Waals surface area (Å²) in [6.07, 6.45) is 1.36. The second kappa shape index (κ2) is 5.71. The third kappa shape index (κ3) is 2.96. The van der Waals surface area contributed by atoms with Crippen LogP contribution in [0.5, 0.6) is 0 Å². The summed E-state index contributed by atoms with van der Waals surface area (Å²) < 4.78 is 10.1. The predicted octanol–water partition coefficient (Wildman–Crippen LogP) is 1.51. The number of hydrogen-bond acceptors (Lipinski definition) is 5. The van der Waals surface area contributed by atoms with Crippen molar-refractivity contribution >= 4 is 5.97 Å². The lowest BCUT2D eigenvalue weighted by molar-refractivity contribution is -0.148. The number of carboxylic acid groups (broad SMARTS) is 1. The number of aromatic nitrogens is 1. The maximum atomic E-state index is 11.4. The van der Waals surface area contributed by atoms with Crippen molar-refractivity contribution in [3.8, 4) is 0 Å². The molecule has 1 aliphatic rings. The molecule has 2 rings (SSSR count). The summed E-state index contributed by atoms with van der Waals surface area (Å²) in [4.78, 5) is 13.5. The number of rotatable bonds is 6. The maximum absolute atomic E-state index is 11.4. The van der Waals surface area contributed by atoms with Gasteiger partial charge in [-0.15, -0.1) is 0 Å². The fourth-order valence-electron chi connectivity index (χ4n) is 2.58. The van der Waals surface area contributed by atoms with Gasteiger partial charge in [-0.3, -0.25) is 9.69 Å². The molecule has 1 atom stereocenters. The molecule has 0 aromatic carbocycles. The number of ether oxygens (including phenoxy) is 1. The summed E-state index contributed by atoms with van der Waals surface area (Å²) in [5.41, 5.74) is 0.225. The molecule has 1 saturated heterocycles. The Hall–Kier alpha value is -1.40. The van der Waals surface area contributed by atoms with E-state index in [9.17, 15) is 9.90 Å². The molecule has 6 heteroatoms. The van der Waals surface area contributed by atoms with Crippen molar-refractivity contribution in [1.82, 2.24) is 10.1 Å². The topological polar surface area (TPSA) is 75.8 Å². The summed E-state index contributed by atoms with van der Waals surface area (Å²) in [6.45, 7) is 4.32. The van der Waals surface area contributed by atoms with E-state index in [1.54, 1.807) is 7.11 Å². The van der Waals surface area contributed by atoms with Gasteiger partial charge in [0, 0.05) is 26.3 Å². The third-order valence-electron chi connectivity index (χ3n) is 3.84. The molecule has 0 amide bonds. The van der Waals surface area contributed by atoms with Gasteiger partial charge >= 0.3 is 5.97 Å². The van der Waals surface area contributed by atoms with Gasteiger partial charge in [-0.2, -0.15) is 0 Å². The molecule has 0 saturated carbocycles. The van der Waals surface area contributed by atoms with E-state index in [0.717, 1.165) is 12.2 Å². The largest absolute Gasteiger partial charge is 0.481 e. The van der Waals surface area contributed by atoms with Crippen molar-refractivity contribution < 1.29 is 19.2 Å². The summed E-state index contributed by atoms with van der Waals surface area (Å²) in [5.74, 6) is -0.00517. The van der Waals surface area contributed by atoms with Crippen LogP contribution in [0.25, 0.3) is 0 Å². The van der Waals surface area contributed by atoms with E-state index in [4.69, 9.17) is 9.26 Å². The molecule has 1 aromatic heterocycles. The summed E-state index contributed by atoms with van der Waals surface area (Å²) in [6, 6.07) is 1.86. The van der Waals surface area contributed by atoms with E-state index in [0.29, 0.717) is 38.3 Å². The molecule has 1 N–H and O–H groups in total. The van der Waals surface area contributed by atoms with E-state index >= 15 is 0 Å². The molecule has 0 bridgehead atoms. The second-order valence-corrected chi connectivity index (χ2v) is 5.12. The molecule has 6 nitrogen and oxygen atoms in total. The Morgan fingerprint density at radius 1 is 1.68 bits per heavy atom. The Bertz CT molecular complexity index is 446. The van der Waals surface area contributed by atoms with Crippen LogP contribution in [-0.2, 0) is 22.7 Å². The number of aliphatic carboxylic acids is 1. The van der Waals surface area contributed by atoms with Crippen LogP contribution in [0.3, 0.4) is 0 Å². The van der Waals surface area contributed by atoms with Gasteiger partial charge in [0.15, 0.2) is 5.76 Å². The van der Waals surface area contributed by atoms with Crippen molar-refractivity contribution in [2.45, 2.75) is 32.9 Å². The quantitative estimate of drug-likeness (QED) is 0.842. The molecule has 106 valence electrons. The van der Waals surface area contributed by atoms with Gasteiger partial charge in [0.2, 0.25) is 0 Å². The lowest BCUT2D eigenvalue weighted by Crippen LogP contribution is -2.33. The zero-order valence-electron chi connectivity index (χ0n) is 11.4. The van der Waals surface area contributed by atoms with Crippen LogP contribution in [-0.4, -0.2) is 41.3 Å². The molecule has 2 heterocycles. The Morgan fingerprint density at radius 3 is 3.05 bits per heavy atom.